The number of ether oxygens (including phenoxy) is 2. The van der Waals surface area contributed by atoms with Crippen LogP contribution in [0.2, 0.25) is 0 Å². The highest BCUT2D eigenvalue weighted by molar-refractivity contribution is 4.91. The Balaban J connectivity index is 1.86. The Kier molecular flexibility index (Phi) is 4.68. The van der Waals surface area contributed by atoms with Crippen molar-refractivity contribution in [3.8, 4) is 0 Å². The molecule has 0 amide bonds. The minimum Gasteiger partial charge on any atom is -0.381 e. The van der Waals surface area contributed by atoms with E-state index in [-0.39, 0.29) is 5.60 Å². The molecule has 0 saturated carbocycles. The van der Waals surface area contributed by atoms with Gasteiger partial charge in [-0.05, 0) is 52.5 Å². The van der Waals surface area contributed by atoms with E-state index in [4.69, 9.17) is 9.47 Å². The molecule has 0 aromatic rings. The summed E-state index contributed by atoms with van der Waals surface area (Å²) in [6, 6.07) is 0. The summed E-state index contributed by atoms with van der Waals surface area (Å²) in [4.78, 5) is 0. The zero-order valence-corrected chi connectivity index (χ0v) is 12.3. The van der Waals surface area contributed by atoms with Gasteiger partial charge in [0.15, 0.2) is 0 Å². The molecule has 2 saturated heterocycles. The molecule has 0 spiro atoms. The first kappa shape index (κ1) is 14.3. The van der Waals surface area contributed by atoms with Gasteiger partial charge >= 0.3 is 0 Å². The first-order chi connectivity index (χ1) is 8.55. The van der Waals surface area contributed by atoms with Crippen molar-refractivity contribution in [1.82, 2.24) is 5.32 Å². The zero-order valence-electron chi connectivity index (χ0n) is 12.3. The van der Waals surface area contributed by atoms with Crippen LogP contribution in [0.25, 0.3) is 0 Å². The fourth-order valence-corrected chi connectivity index (χ4v) is 3.26. The number of hydrogen-bond donors (Lipinski definition) is 1. The zero-order chi connectivity index (χ0) is 13.1. The Morgan fingerprint density at radius 2 is 2.11 bits per heavy atom. The first-order valence-corrected chi connectivity index (χ1v) is 7.52. The predicted molar refractivity (Wildman–Crippen MR) is 73.8 cm³/mol. The lowest BCUT2D eigenvalue weighted by Gasteiger charge is -2.31. The van der Waals surface area contributed by atoms with Crippen LogP contribution in [0.4, 0.5) is 0 Å². The minimum atomic E-state index is 0.0855. The third-order valence-corrected chi connectivity index (χ3v) is 4.33. The summed E-state index contributed by atoms with van der Waals surface area (Å²) in [6.07, 6.45) is 6.38. The van der Waals surface area contributed by atoms with E-state index in [1.54, 1.807) is 0 Å². The summed E-state index contributed by atoms with van der Waals surface area (Å²) in [7, 11) is 0. The van der Waals surface area contributed by atoms with E-state index in [0.717, 1.165) is 32.7 Å². The second kappa shape index (κ2) is 5.89. The van der Waals surface area contributed by atoms with Gasteiger partial charge in [-0.1, -0.05) is 6.92 Å². The van der Waals surface area contributed by atoms with Gasteiger partial charge in [0.05, 0.1) is 18.3 Å². The summed E-state index contributed by atoms with van der Waals surface area (Å²) in [6.45, 7) is 10.7. The Morgan fingerprint density at radius 1 is 1.28 bits per heavy atom. The highest BCUT2D eigenvalue weighted by atomic mass is 16.5. The molecule has 3 heteroatoms. The van der Waals surface area contributed by atoms with E-state index in [9.17, 15) is 0 Å². The van der Waals surface area contributed by atoms with Crippen LogP contribution < -0.4 is 5.32 Å². The number of nitrogens with one attached hydrogen (secondary N) is 1. The van der Waals surface area contributed by atoms with Crippen LogP contribution in [-0.4, -0.2) is 38.0 Å². The van der Waals surface area contributed by atoms with Crippen LogP contribution in [0.5, 0.6) is 0 Å². The lowest BCUT2D eigenvalue weighted by atomic mass is 9.81. The lowest BCUT2D eigenvalue weighted by Crippen LogP contribution is -2.38. The first-order valence-electron chi connectivity index (χ1n) is 7.52. The molecule has 1 N–H and O–H groups in total. The van der Waals surface area contributed by atoms with Gasteiger partial charge in [-0.25, -0.2) is 0 Å². The maximum absolute atomic E-state index is 6.16. The van der Waals surface area contributed by atoms with Gasteiger partial charge in [-0.3, -0.25) is 0 Å². The summed E-state index contributed by atoms with van der Waals surface area (Å²) >= 11 is 0. The van der Waals surface area contributed by atoms with E-state index in [1.807, 2.05) is 0 Å². The van der Waals surface area contributed by atoms with Crippen molar-refractivity contribution in [3.63, 3.8) is 0 Å². The average molecular weight is 255 g/mol. The van der Waals surface area contributed by atoms with Crippen molar-refractivity contribution in [3.05, 3.63) is 0 Å². The second-order valence-electron chi connectivity index (χ2n) is 6.72. The van der Waals surface area contributed by atoms with Crippen molar-refractivity contribution in [2.24, 2.45) is 5.41 Å². The summed E-state index contributed by atoms with van der Waals surface area (Å²) in [5.74, 6) is 0. The van der Waals surface area contributed by atoms with Gasteiger partial charge in [0.25, 0.3) is 0 Å². The van der Waals surface area contributed by atoms with Crippen molar-refractivity contribution in [2.45, 2.75) is 64.6 Å². The fourth-order valence-electron chi connectivity index (χ4n) is 3.26. The van der Waals surface area contributed by atoms with Gasteiger partial charge in [0, 0.05) is 18.6 Å². The highest BCUT2D eigenvalue weighted by Crippen LogP contribution is 2.39. The van der Waals surface area contributed by atoms with Crippen LogP contribution in [0.15, 0.2) is 0 Å². The quantitative estimate of drug-likeness (QED) is 0.740. The van der Waals surface area contributed by atoms with E-state index in [0.29, 0.717) is 11.5 Å². The smallest absolute Gasteiger partial charge is 0.0631 e. The fraction of sp³-hybridized carbons (Fsp3) is 1.00. The Labute approximate surface area is 112 Å². The SMILES string of the molecule is CCCNCC1(CC2CCC(C)(C)O2)CCOC1. The molecule has 2 heterocycles. The summed E-state index contributed by atoms with van der Waals surface area (Å²) in [5.41, 5.74) is 0.405. The van der Waals surface area contributed by atoms with Crippen LogP contribution in [0.3, 0.4) is 0 Å². The molecule has 2 aliphatic heterocycles. The van der Waals surface area contributed by atoms with Crippen molar-refractivity contribution in [2.75, 3.05) is 26.3 Å². The van der Waals surface area contributed by atoms with Crippen LogP contribution >= 0.6 is 0 Å². The van der Waals surface area contributed by atoms with Gasteiger partial charge < -0.3 is 14.8 Å². The largest absolute Gasteiger partial charge is 0.381 e. The Hall–Kier alpha value is -0.120. The van der Waals surface area contributed by atoms with Crippen molar-refractivity contribution < 1.29 is 9.47 Å². The lowest BCUT2D eigenvalue weighted by molar-refractivity contribution is -0.0367. The molecule has 18 heavy (non-hydrogen) atoms. The molecular formula is C15H29NO2. The van der Waals surface area contributed by atoms with Gasteiger partial charge in [0.2, 0.25) is 0 Å². The minimum absolute atomic E-state index is 0.0855. The molecule has 106 valence electrons. The van der Waals surface area contributed by atoms with E-state index in [1.165, 1.54) is 25.7 Å². The molecular weight excluding hydrogens is 226 g/mol. The summed E-state index contributed by atoms with van der Waals surface area (Å²) in [5, 5.41) is 3.58. The molecule has 2 aliphatic rings. The monoisotopic (exact) mass is 255 g/mol. The van der Waals surface area contributed by atoms with E-state index in [2.05, 4.69) is 26.1 Å². The van der Waals surface area contributed by atoms with Crippen LogP contribution in [0.1, 0.15) is 52.9 Å². The summed E-state index contributed by atoms with van der Waals surface area (Å²) < 4.78 is 11.8. The molecule has 0 radical (unpaired) electrons. The van der Waals surface area contributed by atoms with Gasteiger partial charge in [-0.2, -0.15) is 0 Å². The second-order valence-corrected chi connectivity index (χ2v) is 6.72. The van der Waals surface area contributed by atoms with E-state index >= 15 is 0 Å². The molecule has 2 rings (SSSR count). The Bertz CT molecular complexity index is 259. The van der Waals surface area contributed by atoms with Crippen LogP contribution in [-0.2, 0) is 9.47 Å². The number of rotatable bonds is 6. The molecule has 0 aromatic heterocycles. The average Bonchev–Trinajstić information content (AvgIpc) is 2.87. The third kappa shape index (κ3) is 3.69. The van der Waals surface area contributed by atoms with E-state index < -0.39 is 0 Å². The van der Waals surface area contributed by atoms with Crippen LogP contribution in [0, 0.1) is 5.41 Å². The topological polar surface area (TPSA) is 30.5 Å². The van der Waals surface area contributed by atoms with Crippen molar-refractivity contribution >= 4 is 0 Å². The molecule has 2 unspecified atom stereocenters. The van der Waals surface area contributed by atoms with Gasteiger partial charge in [-0.15, -0.1) is 0 Å². The molecule has 0 aliphatic carbocycles. The normalized spacial score (nSPS) is 35.2. The Morgan fingerprint density at radius 3 is 2.67 bits per heavy atom. The molecule has 3 nitrogen and oxygen atoms in total. The number of hydrogen-bond acceptors (Lipinski definition) is 3. The molecule has 2 fully saturated rings. The van der Waals surface area contributed by atoms with Crippen molar-refractivity contribution in [1.29, 1.82) is 0 Å². The third-order valence-electron chi connectivity index (χ3n) is 4.33. The molecule has 0 aromatic carbocycles. The standard InChI is InChI=1S/C15H29NO2/c1-4-8-16-11-15(7-9-17-12-15)10-13-5-6-14(2,3)18-13/h13,16H,4-12H2,1-3H3. The van der Waals surface area contributed by atoms with Gasteiger partial charge in [0.1, 0.15) is 0 Å². The maximum atomic E-state index is 6.16. The predicted octanol–water partition coefficient (Wildman–Crippen LogP) is 2.74. The maximum Gasteiger partial charge on any atom is 0.0631 e. The highest BCUT2D eigenvalue weighted by Gasteiger charge is 2.41. The molecule has 2 atom stereocenters. The molecule has 0 bridgehead atoms.